The molecule has 1 N–H and O–H groups in total. The van der Waals surface area contributed by atoms with Crippen LogP contribution >= 0.6 is 0 Å². The summed E-state index contributed by atoms with van der Waals surface area (Å²) in [7, 11) is 0. The van der Waals surface area contributed by atoms with E-state index < -0.39 is 23.5 Å². The zero-order valence-electron chi connectivity index (χ0n) is 11.0. The molecule has 106 valence electrons. The van der Waals surface area contributed by atoms with E-state index in [-0.39, 0.29) is 11.3 Å². The van der Waals surface area contributed by atoms with E-state index in [2.05, 4.69) is 10.3 Å². The van der Waals surface area contributed by atoms with Gasteiger partial charge in [-0.3, -0.25) is 4.98 Å². The molecule has 0 bridgehead atoms. The number of hydrogen-bond acceptors (Lipinski definition) is 2. The average Bonchev–Trinajstić information content (AvgIpc) is 2.44. The fourth-order valence-electron chi connectivity index (χ4n) is 1.99. The van der Waals surface area contributed by atoms with Crippen molar-refractivity contribution in [1.29, 1.82) is 0 Å². The highest BCUT2D eigenvalue weighted by atomic mass is 19.1. The summed E-state index contributed by atoms with van der Waals surface area (Å²) in [6, 6.07) is 5.03. The van der Waals surface area contributed by atoms with Crippen molar-refractivity contribution >= 4 is 0 Å². The van der Waals surface area contributed by atoms with Crippen molar-refractivity contribution in [3.63, 3.8) is 0 Å². The molecule has 0 fully saturated rings. The van der Waals surface area contributed by atoms with Gasteiger partial charge in [0.1, 0.15) is 17.5 Å². The van der Waals surface area contributed by atoms with Gasteiger partial charge >= 0.3 is 0 Å². The van der Waals surface area contributed by atoms with Gasteiger partial charge < -0.3 is 5.32 Å². The van der Waals surface area contributed by atoms with Crippen molar-refractivity contribution in [2.45, 2.75) is 19.4 Å². The van der Waals surface area contributed by atoms with Crippen molar-refractivity contribution in [3.05, 3.63) is 65.2 Å². The molecule has 0 amide bonds. The molecule has 1 aromatic carbocycles. The minimum atomic E-state index is -0.813. The lowest BCUT2D eigenvalue weighted by molar-refractivity contribution is 0.502. The largest absolute Gasteiger partial charge is 0.305 e. The third-order valence-electron chi connectivity index (χ3n) is 2.93. The lowest BCUT2D eigenvalue weighted by Crippen LogP contribution is -2.26. The van der Waals surface area contributed by atoms with Gasteiger partial charge in [0.05, 0.1) is 11.7 Å². The predicted octanol–water partition coefficient (Wildman–Crippen LogP) is 3.59. The first-order valence-corrected chi connectivity index (χ1v) is 6.42. The van der Waals surface area contributed by atoms with Crippen LogP contribution in [0.1, 0.15) is 30.6 Å². The first kappa shape index (κ1) is 14.5. The first-order valence-electron chi connectivity index (χ1n) is 6.42. The first-order chi connectivity index (χ1) is 9.63. The Labute approximate surface area is 115 Å². The van der Waals surface area contributed by atoms with Gasteiger partial charge in [-0.25, -0.2) is 13.2 Å². The molecule has 2 nitrogen and oxygen atoms in total. The van der Waals surface area contributed by atoms with E-state index in [9.17, 15) is 13.2 Å². The van der Waals surface area contributed by atoms with Gasteiger partial charge in [-0.05, 0) is 43.3 Å². The predicted molar refractivity (Wildman–Crippen MR) is 70.7 cm³/mol. The topological polar surface area (TPSA) is 24.9 Å². The Kier molecular flexibility index (Phi) is 4.74. The summed E-state index contributed by atoms with van der Waals surface area (Å²) >= 11 is 0. The Balaban J connectivity index is 2.47. The number of nitrogens with one attached hydrogen (secondary N) is 1. The number of pyridine rings is 1. The van der Waals surface area contributed by atoms with Crippen LogP contribution in [0.15, 0.2) is 36.5 Å². The summed E-state index contributed by atoms with van der Waals surface area (Å²) in [5.74, 6) is -1.71. The van der Waals surface area contributed by atoms with Crippen LogP contribution in [0, 0.1) is 17.5 Å². The molecular formula is C15H15F3N2. The van der Waals surface area contributed by atoms with E-state index in [1.165, 1.54) is 18.3 Å². The number of aromatic nitrogens is 1. The Morgan fingerprint density at radius 2 is 1.95 bits per heavy atom. The highest BCUT2D eigenvalue weighted by Gasteiger charge is 2.22. The Bertz CT molecular complexity index is 587. The van der Waals surface area contributed by atoms with Gasteiger partial charge in [0, 0.05) is 11.8 Å². The summed E-state index contributed by atoms with van der Waals surface area (Å²) in [5, 5.41) is 3.00. The zero-order valence-corrected chi connectivity index (χ0v) is 11.0. The van der Waals surface area contributed by atoms with E-state index in [1.54, 1.807) is 0 Å². The van der Waals surface area contributed by atoms with Gasteiger partial charge in [0.15, 0.2) is 0 Å². The van der Waals surface area contributed by atoms with Gasteiger partial charge in [0.2, 0.25) is 0 Å². The fourth-order valence-corrected chi connectivity index (χ4v) is 1.99. The van der Waals surface area contributed by atoms with Crippen LogP contribution in [0.3, 0.4) is 0 Å². The summed E-state index contributed by atoms with van der Waals surface area (Å²) in [4.78, 5) is 3.95. The smallest absolute Gasteiger partial charge is 0.146 e. The third-order valence-corrected chi connectivity index (χ3v) is 2.93. The zero-order chi connectivity index (χ0) is 14.5. The van der Waals surface area contributed by atoms with Crippen LogP contribution in [0.4, 0.5) is 13.2 Å². The monoisotopic (exact) mass is 280 g/mol. The molecule has 5 heteroatoms. The second kappa shape index (κ2) is 6.52. The Hall–Kier alpha value is -1.88. The molecule has 0 saturated carbocycles. The molecule has 2 aromatic rings. The second-order valence-electron chi connectivity index (χ2n) is 4.42. The van der Waals surface area contributed by atoms with Crippen LogP contribution in [-0.4, -0.2) is 11.5 Å². The minimum absolute atomic E-state index is 0.0519. The summed E-state index contributed by atoms with van der Waals surface area (Å²) < 4.78 is 41.1. The lowest BCUT2D eigenvalue weighted by atomic mass is 10.0. The second-order valence-corrected chi connectivity index (χ2v) is 4.42. The molecular weight excluding hydrogens is 265 g/mol. The quantitative estimate of drug-likeness (QED) is 0.905. The van der Waals surface area contributed by atoms with Crippen molar-refractivity contribution in [2.24, 2.45) is 0 Å². The average molecular weight is 280 g/mol. The van der Waals surface area contributed by atoms with Gasteiger partial charge in [-0.2, -0.15) is 0 Å². The van der Waals surface area contributed by atoms with Crippen LogP contribution in [0.25, 0.3) is 0 Å². The normalized spacial score (nSPS) is 12.4. The molecule has 1 unspecified atom stereocenters. The summed E-state index contributed by atoms with van der Waals surface area (Å²) in [6.45, 7) is 2.47. The number of benzene rings is 1. The SMILES string of the molecule is CCCNC(c1cc(F)ccc1F)c1ncccc1F. The summed E-state index contributed by atoms with van der Waals surface area (Å²) in [5.41, 5.74) is 0.113. The molecule has 2 rings (SSSR count). The minimum Gasteiger partial charge on any atom is -0.305 e. The van der Waals surface area contributed by atoms with Gasteiger partial charge in [0.25, 0.3) is 0 Å². The highest BCUT2D eigenvalue weighted by molar-refractivity contribution is 5.30. The van der Waals surface area contributed by atoms with Crippen molar-refractivity contribution in [1.82, 2.24) is 10.3 Å². The molecule has 0 spiro atoms. The van der Waals surface area contributed by atoms with Gasteiger partial charge in [-0.15, -0.1) is 0 Å². The molecule has 0 saturated heterocycles. The molecule has 0 aliphatic carbocycles. The van der Waals surface area contributed by atoms with E-state index in [0.717, 1.165) is 24.6 Å². The standard InChI is InChI=1S/C15H15F3N2/c1-2-7-19-14(15-13(18)4-3-8-20-15)11-9-10(16)5-6-12(11)17/h3-6,8-9,14,19H,2,7H2,1H3. The molecule has 0 aliphatic rings. The van der Waals surface area contributed by atoms with E-state index in [1.807, 2.05) is 6.92 Å². The maximum absolute atomic E-state index is 13.9. The lowest BCUT2D eigenvalue weighted by Gasteiger charge is -2.19. The van der Waals surface area contributed by atoms with Gasteiger partial charge in [-0.1, -0.05) is 6.92 Å². The van der Waals surface area contributed by atoms with Crippen molar-refractivity contribution in [3.8, 4) is 0 Å². The Morgan fingerprint density at radius 1 is 1.15 bits per heavy atom. The molecule has 1 aromatic heterocycles. The third kappa shape index (κ3) is 3.17. The fraction of sp³-hybridized carbons (Fsp3) is 0.267. The number of hydrogen-bond donors (Lipinski definition) is 1. The van der Waals surface area contributed by atoms with Crippen LogP contribution in [0.5, 0.6) is 0 Å². The van der Waals surface area contributed by atoms with E-state index in [0.29, 0.717) is 6.54 Å². The molecule has 0 radical (unpaired) electrons. The van der Waals surface area contributed by atoms with E-state index >= 15 is 0 Å². The van der Waals surface area contributed by atoms with Crippen molar-refractivity contribution in [2.75, 3.05) is 6.54 Å². The molecule has 1 atom stereocenters. The van der Waals surface area contributed by atoms with Crippen molar-refractivity contribution < 1.29 is 13.2 Å². The number of nitrogens with zero attached hydrogens (tertiary/aromatic N) is 1. The van der Waals surface area contributed by atoms with Crippen LogP contribution < -0.4 is 5.32 Å². The highest BCUT2D eigenvalue weighted by Crippen LogP contribution is 2.25. The Morgan fingerprint density at radius 3 is 2.65 bits per heavy atom. The summed E-state index contributed by atoms with van der Waals surface area (Å²) in [6.07, 6.45) is 2.21. The number of rotatable bonds is 5. The van der Waals surface area contributed by atoms with E-state index in [4.69, 9.17) is 0 Å². The maximum Gasteiger partial charge on any atom is 0.146 e. The van der Waals surface area contributed by atoms with Crippen LogP contribution in [0.2, 0.25) is 0 Å². The van der Waals surface area contributed by atoms with Crippen LogP contribution in [-0.2, 0) is 0 Å². The molecule has 20 heavy (non-hydrogen) atoms. The number of halogens is 3. The molecule has 0 aliphatic heterocycles. The maximum atomic E-state index is 13.9. The molecule has 1 heterocycles.